The predicted molar refractivity (Wildman–Crippen MR) is 163 cm³/mol. The minimum absolute atomic E-state index is 0.0353. The Hall–Kier alpha value is -3.36. The van der Waals surface area contributed by atoms with Gasteiger partial charge < -0.3 is 14.2 Å². The van der Waals surface area contributed by atoms with Crippen LogP contribution in [0.1, 0.15) is 95.2 Å². The van der Waals surface area contributed by atoms with E-state index in [1.54, 1.807) is 0 Å². The molecule has 0 aliphatic heterocycles. The van der Waals surface area contributed by atoms with Crippen LogP contribution in [0.2, 0.25) is 0 Å². The quantitative estimate of drug-likeness (QED) is 0.260. The van der Waals surface area contributed by atoms with Crippen LogP contribution in [0.25, 0.3) is 11.3 Å². The molecule has 232 valence electrons. The van der Waals surface area contributed by atoms with E-state index < -0.39 is 6.17 Å². The highest BCUT2D eigenvalue weighted by atomic mass is 19.1. The van der Waals surface area contributed by atoms with Crippen molar-refractivity contribution in [3.8, 4) is 17.1 Å². The van der Waals surface area contributed by atoms with Gasteiger partial charge in [-0.2, -0.15) is 4.98 Å². The molecule has 0 N–H and O–H groups in total. The van der Waals surface area contributed by atoms with Gasteiger partial charge in [0, 0.05) is 41.1 Å². The molecule has 2 heterocycles. The first-order valence-corrected chi connectivity index (χ1v) is 16.9. The Kier molecular flexibility index (Phi) is 7.17. The average molecular weight is 600 g/mol. The highest BCUT2D eigenvalue weighted by Gasteiger charge is 2.52. The minimum atomic E-state index is -0.871. The third-order valence-corrected chi connectivity index (χ3v) is 11.5. The SMILES string of the molecule is CCOc1ccc(-c2cccc(N(CC3CCC4(c5nc(C6CC6)no5)CCCC3C4)C(=O)[C@@H]3CC(F)C4CC3C4)c2)nn1. The van der Waals surface area contributed by atoms with Crippen LogP contribution in [-0.4, -0.2) is 45.6 Å². The molecule has 6 aliphatic rings. The molecule has 6 fully saturated rings. The molecule has 8 nitrogen and oxygen atoms in total. The number of alkyl halides is 1. The predicted octanol–water partition coefficient (Wildman–Crippen LogP) is 7.06. The van der Waals surface area contributed by atoms with Crippen molar-refractivity contribution in [2.75, 3.05) is 18.1 Å². The van der Waals surface area contributed by atoms with Crippen LogP contribution >= 0.6 is 0 Å². The maximum Gasteiger partial charge on any atom is 0.233 e. The maximum atomic E-state index is 14.9. The highest BCUT2D eigenvalue weighted by molar-refractivity contribution is 5.96. The molecule has 0 spiro atoms. The molecule has 9 rings (SSSR count). The van der Waals surface area contributed by atoms with E-state index in [0.717, 1.165) is 80.0 Å². The average Bonchev–Trinajstić information content (AvgIpc) is 3.75. The molecule has 9 heteroatoms. The fourth-order valence-electron chi connectivity index (χ4n) is 8.79. The molecule has 6 aliphatic carbocycles. The number of amides is 1. The van der Waals surface area contributed by atoms with E-state index in [2.05, 4.69) is 15.4 Å². The molecule has 6 saturated carbocycles. The minimum Gasteiger partial charge on any atom is -0.477 e. The van der Waals surface area contributed by atoms with Gasteiger partial charge in [-0.05, 0) is 107 Å². The summed E-state index contributed by atoms with van der Waals surface area (Å²) in [6.07, 6.45) is 9.94. The molecule has 2 aromatic heterocycles. The van der Waals surface area contributed by atoms with Crippen LogP contribution in [0.3, 0.4) is 0 Å². The van der Waals surface area contributed by atoms with Crippen molar-refractivity contribution in [3.63, 3.8) is 0 Å². The number of hydrogen-bond donors (Lipinski definition) is 0. The zero-order valence-electron chi connectivity index (χ0n) is 25.5. The summed E-state index contributed by atoms with van der Waals surface area (Å²) < 4.78 is 26.3. The number of ether oxygens (including phenoxy) is 1. The molecule has 3 aromatic rings. The van der Waals surface area contributed by atoms with Gasteiger partial charge in [0.2, 0.25) is 17.7 Å². The summed E-state index contributed by atoms with van der Waals surface area (Å²) in [4.78, 5) is 21.3. The van der Waals surface area contributed by atoms with Gasteiger partial charge in [-0.1, -0.05) is 30.1 Å². The van der Waals surface area contributed by atoms with E-state index in [0.29, 0.717) is 49.1 Å². The number of aromatic nitrogens is 4. The number of carbonyl (C=O) groups excluding carboxylic acids is 1. The Morgan fingerprint density at radius 2 is 1.93 bits per heavy atom. The molecular formula is C35H42FN5O3. The number of benzene rings is 1. The molecule has 0 saturated heterocycles. The summed E-state index contributed by atoms with van der Waals surface area (Å²) in [5.41, 5.74) is 2.45. The number of carbonyl (C=O) groups is 1. The van der Waals surface area contributed by atoms with Gasteiger partial charge >= 0.3 is 0 Å². The zero-order valence-corrected chi connectivity index (χ0v) is 25.5. The lowest BCUT2D eigenvalue weighted by Gasteiger charge is -2.50. The smallest absolute Gasteiger partial charge is 0.233 e. The van der Waals surface area contributed by atoms with Crippen LogP contribution in [0.5, 0.6) is 5.88 Å². The summed E-state index contributed by atoms with van der Waals surface area (Å²) in [6, 6.07) is 11.8. The number of fused-ring (bicyclic) bond motifs is 4. The Balaban J connectivity index is 1.07. The first-order chi connectivity index (χ1) is 21.5. The Morgan fingerprint density at radius 3 is 2.70 bits per heavy atom. The fraction of sp³-hybridized carbons (Fsp3) is 0.629. The fourth-order valence-corrected chi connectivity index (χ4v) is 8.79. The maximum absolute atomic E-state index is 14.9. The van der Waals surface area contributed by atoms with Crippen molar-refractivity contribution in [1.29, 1.82) is 0 Å². The molecule has 44 heavy (non-hydrogen) atoms. The van der Waals surface area contributed by atoms with E-state index in [1.807, 2.05) is 48.2 Å². The normalized spacial score (nSPS) is 32.5. The van der Waals surface area contributed by atoms with Crippen LogP contribution in [0, 0.1) is 29.6 Å². The van der Waals surface area contributed by atoms with Crippen molar-refractivity contribution in [2.45, 2.75) is 95.1 Å². The molecular weight excluding hydrogens is 557 g/mol. The largest absolute Gasteiger partial charge is 0.477 e. The van der Waals surface area contributed by atoms with E-state index in [1.165, 1.54) is 12.8 Å². The molecule has 0 radical (unpaired) electrons. The van der Waals surface area contributed by atoms with Crippen LogP contribution < -0.4 is 9.64 Å². The van der Waals surface area contributed by atoms with Crippen molar-refractivity contribution < 1.29 is 18.4 Å². The van der Waals surface area contributed by atoms with Gasteiger partial charge in [-0.25, -0.2) is 4.39 Å². The lowest BCUT2D eigenvalue weighted by molar-refractivity contribution is -0.133. The van der Waals surface area contributed by atoms with Gasteiger partial charge in [0.1, 0.15) is 6.17 Å². The van der Waals surface area contributed by atoms with Crippen molar-refractivity contribution in [2.24, 2.45) is 29.6 Å². The Labute approximate surface area is 258 Å². The number of hydrogen-bond acceptors (Lipinski definition) is 7. The second-order valence-electron chi connectivity index (χ2n) is 14.2. The summed E-state index contributed by atoms with van der Waals surface area (Å²) in [7, 11) is 0. The second-order valence-corrected chi connectivity index (χ2v) is 14.2. The van der Waals surface area contributed by atoms with Gasteiger partial charge in [-0.3, -0.25) is 4.79 Å². The second kappa shape index (κ2) is 11.2. The number of anilines is 1. The molecule has 4 unspecified atom stereocenters. The van der Waals surface area contributed by atoms with Crippen LogP contribution in [0.15, 0.2) is 40.9 Å². The Morgan fingerprint density at radius 1 is 1.05 bits per heavy atom. The van der Waals surface area contributed by atoms with Gasteiger partial charge in [0.15, 0.2) is 5.82 Å². The molecule has 5 atom stereocenters. The zero-order chi connectivity index (χ0) is 29.8. The van der Waals surface area contributed by atoms with Crippen molar-refractivity contribution >= 4 is 11.6 Å². The third-order valence-electron chi connectivity index (χ3n) is 11.5. The molecule has 1 amide bonds. The summed E-state index contributed by atoms with van der Waals surface area (Å²) in [5.74, 6) is 3.85. The lowest BCUT2D eigenvalue weighted by Crippen LogP contribution is -2.52. The number of rotatable bonds is 9. The van der Waals surface area contributed by atoms with E-state index in [-0.39, 0.29) is 23.2 Å². The van der Waals surface area contributed by atoms with Crippen molar-refractivity contribution in [3.05, 3.63) is 48.1 Å². The number of nitrogens with zero attached hydrogens (tertiary/aromatic N) is 5. The molecule has 1 aromatic carbocycles. The summed E-state index contributed by atoms with van der Waals surface area (Å²) in [5, 5.41) is 13.0. The van der Waals surface area contributed by atoms with E-state index in [4.69, 9.17) is 14.2 Å². The van der Waals surface area contributed by atoms with E-state index >= 15 is 0 Å². The van der Waals surface area contributed by atoms with Crippen LogP contribution in [0.4, 0.5) is 10.1 Å². The number of halogens is 1. The van der Waals surface area contributed by atoms with Gasteiger partial charge in [-0.15, -0.1) is 10.2 Å². The third kappa shape index (κ3) is 5.10. The Bertz CT molecular complexity index is 1500. The highest BCUT2D eigenvalue weighted by Crippen LogP contribution is 2.54. The van der Waals surface area contributed by atoms with Crippen LogP contribution in [-0.2, 0) is 10.2 Å². The first-order valence-electron chi connectivity index (χ1n) is 16.9. The summed E-state index contributed by atoms with van der Waals surface area (Å²) >= 11 is 0. The summed E-state index contributed by atoms with van der Waals surface area (Å²) in [6.45, 7) is 3.10. The monoisotopic (exact) mass is 599 g/mol. The topological polar surface area (TPSA) is 94.2 Å². The van der Waals surface area contributed by atoms with E-state index in [9.17, 15) is 9.18 Å². The lowest BCUT2D eigenvalue weighted by atomic mass is 9.58. The molecule has 4 bridgehead atoms. The van der Waals surface area contributed by atoms with Gasteiger partial charge in [0.25, 0.3) is 0 Å². The van der Waals surface area contributed by atoms with Gasteiger partial charge in [0.05, 0.1) is 12.3 Å². The first kappa shape index (κ1) is 28.1. The van der Waals surface area contributed by atoms with Crippen molar-refractivity contribution in [1.82, 2.24) is 20.3 Å². The standard InChI is InChI=1S/C35H42FN5O3/c1-2-43-31-11-10-30(38-39-31)22-5-3-7-27(17-22)41(33(42)28-18-29(36)26-15-25(28)16-26)20-24-12-14-35(13-4-6-23(24)19-35)34-37-32(40-44-34)21-8-9-21/h3,5,7,10-11,17,21,23-26,28-29H,2,4,6,8-9,12-16,18-20H2,1H3/t23?,24?,25?,26?,28-,29?,35?/m1/s1.